The smallest absolute Gasteiger partial charge is 0.0612 e. The minimum atomic E-state index is -0.105. The Hall–Kier alpha value is -1.64. The van der Waals surface area contributed by atoms with E-state index in [1.165, 1.54) is 44.5 Å². The van der Waals surface area contributed by atoms with E-state index in [0.29, 0.717) is 6.61 Å². The number of benzene rings is 2. The van der Waals surface area contributed by atoms with E-state index in [-0.39, 0.29) is 5.41 Å². The quantitative estimate of drug-likeness (QED) is 0.878. The van der Waals surface area contributed by atoms with E-state index in [9.17, 15) is 0 Å². The van der Waals surface area contributed by atoms with Crippen LogP contribution in [-0.4, -0.2) is 26.8 Å². The van der Waals surface area contributed by atoms with Gasteiger partial charge in [0.2, 0.25) is 0 Å². The number of hydrogen-bond acceptors (Lipinski definition) is 2. The Balaban J connectivity index is 2.33. The zero-order chi connectivity index (χ0) is 17.5. The van der Waals surface area contributed by atoms with Crippen LogP contribution in [0.15, 0.2) is 24.3 Å². The van der Waals surface area contributed by atoms with Crippen molar-refractivity contribution in [3.63, 3.8) is 0 Å². The van der Waals surface area contributed by atoms with Gasteiger partial charge in [-0.3, -0.25) is 0 Å². The second-order valence-electron chi connectivity index (χ2n) is 7.26. The molecule has 0 amide bonds. The molecule has 3 rings (SSSR count). The van der Waals surface area contributed by atoms with E-state index in [4.69, 9.17) is 4.74 Å². The molecule has 0 bridgehead atoms. The molecule has 0 unspecified atom stereocenters. The van der Waals surface area contributed by atoms with Crippen molar-refractivity contribution < 1.29 is 4.74 Å². The number of nitrogens with one attached hydrogen (secondary N) is 1. The molecule has 0 fully saturated rings. The van der Waals surface area contributed by atoms with Crippen LogP contribution < -0.4 is 5.32 Å². The summed E-state index contributed by atoms with van der Waals surface area (Å²) in [6.07, 6.45) is 0. The lowest BCUT2D eigenvalue weighted by Crippen LogP contribution is -2.41. The molecule has 128 valence electrons. The normalized spacial score (nSPS) is 14.6. The maximum absolute atomic E-state index is 5.74. The van der Waals surface area contributed by atoms with Gasteiger partial charge < -0.3 is 10.1 Å². The first-order chi connectivity index (χ1) is 11.4. The van der Waals surface area contributed by atoms with Crippen molar-refractivity contribution >= 4 is 0 Å². The van der Waals surface area contributed by atoms with Gasteiger partial charge in [0.05, 0.1) is 12.0 Å². The summed E-state index contributed by atoms with van der Waals surface area (Å²) in [5.74, 6) is 0. The van der Waals surface area contributed by atoms with Crippen molar-refractivity contribution in [2.75, 3.05) is 26.8 Å². The molecule has 0 radical (unpaired) electrons. The molecule has 1 N–H and O–H groups in total. The molecule has 1 aliphatic carbocycles. The maximum Gasteiger partial charge on any atom is 0.0612 e. The van der Waals surface area contributed by atoms with Crippen LogP contribution in [0.1, 0.15) is 40.3 Å². The molecular weight excluding hydrogens is 294 g/mol. The molecular formula is C22H29NO. The number of aryl methyl sites for hydroxylation is 4. The maximum atomic E-state index is 5.74. The summed E-state index contributed by atoms with van der Waals surface area (Å²) < 4.78 is 5.74. The first-order valence-corrected chi connectivity index (χ1v) is 8.88. The van der Waals surface area contributed by atoms with Crippen LogP contribution in [0.5, 0.6) is 0 Å². The first-order valence-electron chi connectivity index (χ1n) is 8.88. The molecule has 1 aliphatic rings. The van der Waals surface area contributed by atoms with Gasteiger partial charge in [-0.05, 0) is 78.7 Å². The Morgan fingerprint density at radius 2 is 1.29 bits per heavy atom. The fraction of sp³-hybridized carbons (Fsp3) is 0.455. The summed E-state index contributed by atoms with van der Waals surface area (Å²) in [7, 11) is 1.81. The standard InChI is InChI=1S/C22H29NO/c1-7-23-12-22(13-24-6)20-10-16(4)14(2)8-18(20)19-9-15(3)17(5)11-21(19)22/h8-11,23H,7,12-13H2,1-6H3. The topological polar surface area (TPSA) is 21.3 Å². The van der Waals surface area contributed by atoms with E-state index in [1.54, 1.807) is 0 Å². The Labute approximate surface area is 146 Å². The fourth-order valence-corrected chi connectivity index (χ4v) is 4.00. The largest absolute Gasteiger partial charge is 0.383 e. The number of methoxy groups -OCH3 is 1. The average molecular weight is 323 g/mol. The fourth-order valence-electron chi connectivity index (χ4n) is 4.00. The monoisotopic (exact) mass is 323 g/mol. The van der Waals surface area contributed by atoms with Crippen LogP contribution in [0.25, 0.3) is 11.1 Å². The number of likely N-dealkylation sites (N-methyl/N-ethyl adjacent to an activating group) is 1. The van der Waals surface area contributed by atoms with Gasteiger partial charge in [-0.25, -0.2) is 0 Å². The minimum Gasteiger partial charge on any atom is -0.383 e. The van der Waals surface area contributed by atoms with Gasteiger partial charge in [0, 0.05) is 13.7 Å². The summed E-state index contributed by atoms with van der Waals surface area (Å²) >= 11 is 0. The number of hydrogen-bond donors (Lipinski definition) is 1. The Morgan fingerprint density at radius 1 is 0.833 bits per heavy atom. The van der Waals surface area contributed by atoms with Gasteiger partial charge in [0.25, 0.3) is 0 Å². The second-order valence-corrected chi connectivity index (χ2v) is 7.26. The van der Waals surface area contributed by atoms with E-state index in [1.807, 2.05) is 7.11 Å². The highest BCUT2D eigenvalue weighted by molar-refractivity contribution is 5.83. The minimum absolute atomic E-state index is 0.105. The molecule has 2 heteroatoms. The molecule has 0 saturated heterocycles. The lowest BCUT2D eigenvalue weighted by molar-refractivity contribution is 0.148. The third kappa shape index (κ3) is 2.49. The van der Waals surface area contributed by atoms with Crippen molar-refractivity contribution in [3.8, 4) is 11.1 Å². The van der Waals surface area contributed by atoms with Crippen molar-refractivity contribution in [3.05, 3.63) is 57.6 Å². The predicted molar refractivity (Wildman–Crippen MR) is 102 cm³/mol. The lowest BCUT2D eigenvalue weighted by atomic mass is 9.77. The summed E-state index contributed by atoms with van der Waals surface area (Å²) in [5, 5.41) is 3.59. The molecule has 24 heavy (non-hydrogen) atoms. The van der Waals surface area contributed by atoms with Crippen LogP contribution in [-0.2, 0) is 10.2 Å². The molecule has 2 aromatic carbocycles. The molecule has 0 saturated carbocycles. The van der Waals surface area contributed by atoms with Gasteiger partial charge in [0.15, 0.2) is 0 Å². The molecule has 0 spiro atoms. The zero-order valence-electron chi connectivity index (χ0n) is 15.8. The van der Waals surface area contributed by atoms with Gasteiger partial charge >= 0.3 is 0 Å². The van der Waals surface area contributed by atoms with Gasteiger partial charge in [-0.15, -0.1) is 0 Å². The van der Waals surface area contributed by atoms with E-state index in [2.05, 4.69) is 64.2 Å². The van der Waals surface area contributed by atoms with E-state index >= 15 is 0 Å². The molecule has 2 aromatic rings. The first kappa shape index (κ1) is 17.2. The van der Waals surface area contributed by atoms with E-state index in [0.717, 1.165) is 13.1 Å². The number of rotatable bonds is 5. The summed E-state index contributed by atoms with van der Waals surface area (Å²) in [6.45, 7) is 13.6. The Morgan fingerprint density at radius 3 is 1.71 bits per heavy atom. The highest BCUT2D eigenvalue weighted by atomic mass is 16.5. The van der Waals surface area contributed by atoms with Crippen LogP contribution in [0, 0.1) is 27.7 Å². The average Bonchev–Trinajstić information content (AvgIpc) is 2.77. The Kier molecular flexibility index (Phi) is 4.54. The molecule has 0 heterocycles. The van der Waals surface area contributed by atoms with E-state index < -0.39 is 0 Å². The lowest BCUT2D eigenvalue weighted by Gasteiger charge is -2.32. The van der Waals surface area contributed by atoms with Crippen molar-refractivity contribution in [1.29, 1.82) is 0 Å². The van der Waals surface area contributed by atoms with Crippen LogP contribution >= 0.6 is 0 Å². The van der Waals surface area contributed by atoms with Crippen molar-refractivity contribution in [2.24, 2.45) is 0 Å². The van der Waals surface area contributed by atoms with Crippen LogP contribution in [0.2, 0.25) is 0 Å². The molecule has 0 atom stereocenters. The summed E-state index contributed by atoms with van der Waals surface area (Å²) in [6, 6.07) is 9.49. The SMILES string of the molecule is CCNCC1(COC)c2cc(C)c(C)cc2-c2cc(C)c(C)cc21. The molecule has 0 aliphatic heterocycles. The van der Waals surface area contributed by atoms with Crippen LogP contribution in [0.3, 0.4) is 0 Å². The molecule has 2 nitrogen and oxygen atoms in total. The summed E-state index contributed by atoms with van der Waals surface area (Å²) in [4.78, 5) is 0. The van der Waals surface area contributed by atoms with Crippen LogP contribution in [0.4, 0.5) is 0 Å². The number of fused-ring (bicyclic) bond motifs is 3. The second kappa shape index (κ2) is 6.34. The molecule has 0 aromatic heterocycles. The highest BCUT2D eigenvalue weighted by Crippen LogP contribution is 2.50. The zero-order valence-corrected chi connectivity index (χ0v) is 15.8. The van der Waals surface area contributed by atoms with Gasteiger partial charge in [0.1, 0.15) is 0 Å². The van der Waals surface area contributed by atoms with Crippen molar-refractivity contribution in [1.82, 2.24) is 5.32 Å². The Bertz CT molecular complexity index is 719. The highest BCUT2D eigenvalue weighted by Gasteiger charge is 2.43. The third-order valence-electron chi connectivity index (χ3n) is 5.66. The summed E-state index contributed by atoms with van der Waals surface area (Å²) in [5.41, 5.74) is 10.9. The van der Waals surface area contributed by atoms with Crippen molar-refractivity contribution in [2.45, 2.75) is 40.0 Å². The number of ether oxygens (including phenoxy) is 1. The van der Waals surface area contributed by atoms with Gasteiger partial charge in [-0.2, -0.15) is 0 Å². The third-order valence-corrected chi connectivity index (χ3v) is 5.66. The van der Waals surface area contributed by atoms with Gasteiger partial charge in [-0.1, -0.05) is 31.2 Å². The predicted octanol–water partition coefficient (Wildman–Crippen LogP) is 4.44.